The van der Waals surface area contributed by atoms with Crippen molar-refractivity contribution in [1.82, 2.24) is 5.32 Å². The Bertz CT molecular complexity index is 786. The van der Waals surface area contributed by atoms with E-state index in [1.807, 2.05) is 6.07 Å². The SMILES string of the molecule is C=C1Nc2[c-]cc3cc(C[CH2-])oc3c2C2(CCC(C)(C)CC2)N1.[W].[Y]. The van der Waals surface area contributed by atoms with Crippen LogP contribution in [0.15, 0.2) is 28.9 Å². The average molecular weight is 581 g/mol. The third-order valence-corrected chi connectivity index (χ3v) is 5.51. The molecule has 1 spiro atoms. The Balaban J connectivity index is 0.00000113. The molecule has 3 nitrogen and oxygen atoms in total. The molecule has 1 fully saturated rings. The Morgan fingerprint density at radius 3 is 2.60 bits per heavy atom. The summed E-state index contributed by atoms with van der Waals surface area (Å²) < 4.78 is 6.14. The van der Waals surface area contributed by atoms with Gasteiger partial charge in [-0.2, -0.15) is 12.1 Å². The Morgan fingerprint density at radius 1 is 1.28 bits per heavy atom. The van der Waals surface area contributed by atoms with Crippen molar-refractivity contribution in [3.63, 3.8) is 0 Å². The zero-order chi connectivity index (χ0) is 16.2. The van der Waals surface area contributed by atoms with Gasteiger partial charge in [-0.3, -0.25) is 0 Å². The molecule has 1 aromatic carbocycles. The van der Waals surface area contributed by atoms with Gasteiger partial charge in [0, 0.05) is 64.9 Å². The standard InChI is InChI=1S/C20H24N2O.W.Y/c1-5-15-12-14-6-7-16-17(18(14)23-15)20(22-13(2)21-16)10-8-19(3,4)9-11-20;;/h6,12,21-22H,1-2,5,8-11H2,3-4H3;;/q-2;;. The number of hydrogen-bond donors (Lipinski definition) is 2. The summed E-state index contributed by atoms with van der Waals surface area (Å²) in [6.07, 6.45) is 5.21. The Kier molecular flexibility index (Phi) is 6.35. The number of furan rings is 1. The number of benzene rings is 1. The first-order valence-electron chi connectivity index (χ1n) is 8.43. The van der Waals surface area contributed by atoms with Gasteiger partial charge in [0.1, 0.15) is 0 Å². The van der Waals surface area contributed by atoms with E-state index in [0.717, 1.165) is 41.1 Å². The van der Waals surface area contributed by atoms with Crippen LogP contribution < -0.4 is 10.6 Å². The first kappa shape index (κ1) is 21.2. The molecule has 1 saturated carbocycles. The van der Waals surface area contributed by atoms with Gasteiger partial charge in [-0.1, -0.05) is 43.1 Å². The maximum Gasteiger partial charge on any atom is 0.0937 e. The third-order valence-electron chi connectivity index (χ3n) is 5.51. The van der Waals surface area contributed by atoms with Crippen LogP contribution in [0.2, 0.25) is 0 Å². The number of nitrogens with one attached hydrogen (secondary N) is 2. The number of fused-ring (bicyclic) bond motifs is 4. The molecule has 25 heavy (non-hydrogen) atoms. The second-order valence-corrected chi connectivity index (χ2v) is 7.76. The van der Waals surface area contributed by atoms with Crippen LogP contribution in [0.25, 0.3) is 11.0 Å². The van der Waals surface area contributed by atoms with Gasteiger partial charge in [-0.15, -0.1) is 6.42 Å². The second-order valence-electron chi connectivity index (χ2n) is 7.76. The summed E-state index contributed by atoms with van der Waals surface area (Å²) >= 11 is 0. The summed E-state index contributed by atoms with van der Waals surface area (Å²) in [5.41, 5.74) is 3.51. The van der Waals surface area contributed by atoms with Crippen LogP contribution in [-0.2, 0) is 65.7 Å². The molecule has 1 aromatic heterocycles. The fourth-order valence-electron chi connectivity index (χ4n) is 4.04. The normalized spacial score (nSPS) is 20.0. The fraction of sp³-hybridized carbons (Fsp3) is 0.450. The quantitative estimate of drug-likeness (QED) is 0.472. The minimum Gasteiger partial charge on any atom is -0.490 e. The molecule has 2 N–H and O–H groups in total. The van der Waals surface area contributed by atoms with Crippen molar-refractivity contribution >= 4 is 16.7 Å². The monoisotopic (exact) mass is 581 g/mol. The van der Waals surface area contributed by atoms with E-state index >= 15 is 0 Å². The van der Waals surface area contributed by atoms with Crippen LogP contribution in [0.1, 0.15) is 50.9 Å². The van der Waals surface area contributed by atoms with Gasteiger partial charge in [0.2, 0.25) is 0 Å². The average Bonchev–Trinajstić information content (AvgIpc) is 2.93. The molecule has 0 saturated heterocycles. The first-order valence-corrected chi connectivity index (χ1v) is 8.43. The zero-order valence-electron chi connectivity index (χ0n) is 15.0. The van der Waals surface area contributed by atoms with Crippen molar-refractivity contribution in [1.29, 1.82) is 0 Å². The van der Waals surface area contributed by atoms with E-state index in [-0.39, 0.29) is 59.3 Å². The van der Waals surface area contributed by atoms with Gasteiger partial charge in [-0.25, -0.2) is 0 Å². The van der Waals surface area contributed by atoms with Crippen LogP contribution in [0.5, 0.6) is 0 Å². The second kappa shape index (κ2) is 7.49. The molecule has 2 heterocycles. The fourth-order valence-corrected chi connectivity index (χ4v) is 4.04. The summed E-state index contributed by atoms with van der Waals surface area (Å²) in [5, 5.41) is 8.09. The van der Waals surface area contributed by atoms with E-state index in [1.165, 1.54) is 18.4 Å². The van der Waals surface area contributed by atoms with E-state index in [4.69, 9.17) is 4.42 Å². The van der Waals surface area contributed by atoms with E-state index in [9.17, 15) is 0 Å². The van der Waals surface area contributed by atoms with Gasteiger partial charge in [0.15, 0.2) is 0 Å². The molecule has 0 amide bonds. The molecule has 1 radical (unpaired) electrons. The summed E-state index contributed by atoms with van der Waals surface area (Å²) in [4.78, 5) is 0. The molecule has 2 aromatic rings. The summed E-state index contributed by atoms with van der Waals surface area (Å²) in [7, 11) is 0. The van der Waals surface area contributed by atoms with Gasteiger partial charge in [-0.05, 0) is 31.1 Å². The van der Waals surface area contributed by atoms with Crippen LogP contribution >= 0.6 is 0 Å². The van der Waals surface area contributed by atoms with E-state index < -0.39 is 0 Å². The van der Waals surface area contributed by atoms with E-state index in [0.29, 0.717) is 11.8 Å². The Labute approximate surface area is 189 Å². The minimum atomic E-state index is -0.0977. The molecule has 2 aliphatic rings. The summed E-state index contributed by atoms with van der Waals surface area (Å²) in [6.45, 7) is 12.8. The predicted octanol–water partition coefficient (Wildman–Crippen LogP) is 4.89. The van der Waals surface area contributed by atoms with E-state index in [1.54, 1.807) is 0 Å². The molecule has 1 aliphatic heterocycles. The number of hydrogen-bond acceptors (Lipinski definition) is 3. The van der Waals surface area contributed by atoms with Crippen molar-refractivity contribution in [3.8, 4) is 0 Å². The molecule has 0 unspecified atom stereocenters. The van der Waals surface area contributed by atoms with Crippen LogP contribution in [-0.4, -0.2) is 0 Å². The molecule has 4 rings (SSSR count). The van der Waals surface area contributed by atoms with Crippen LogP contribution in [0.4, 0.5) is 5.69 Å². The van der Waals surface area contributed by atoms with Crippen molar-refractivity contribution in [2.75, 3.05) is 5.32 Å². The zero-order valence-corrected chi connectivity index (χ0v) is 20.8. The molecule has 0 bridgehead atoms. The summed E-state index contributed by atoms with van der Waals surface area (Å²) in [6, 6.07) is 7.49. The van der Waals surface area contributed by atoms with Crippen molar-refractivity contribution in [2.45, 2.75) is 51.5 Å². The first-order chi connectivity index (χ1) is 10.9. The molecule has 131 valence electrons. The van der Waals surface area contributed by atoms with Gasteiger partial charge in [0.05, 0.1) is 11.6 Å². The predicted molar refractivity (Wildman–Crippen MR) is 93.9 cm³/mol. The number of rotatable bonds is 1. The van der Waals surface area contributed by atoms with Gasteiger partial charge in [0.25, 0.3) is 0 Å². The van der Waals surface area contributed by atoms with Crippen LogP contribution in [0.3, 0.4) is 0 Å². The van der Waals surface area contributed by atoms with Gasteiger partial charge < -0.3 is 22.0 Å². The summed E-state index contributed by atoms with van der Waals surface area (Å²) in [5.74, 6) is 1.79. The van der Waals surface area contributed by atoms with Crippen molar-refractivity contribution < 1.29 is 58.2 Å². The third kappa shape index (κ3) is 3.67. The Morgan fingerprint density at radius 2 is 1.96 bits per heavy atom. The Hall–Kier alpha value is -0.108. The van der Waals surface area contributed by atoms with Crippen LogP contribution in [0, 0.1) is 18.4 Å². The van der Waals surface area contributed by atoms with Crippen molar-refractivity contribution in [2.24, 2.45) is 5.41 Å². The molecule has 1 aliphatic carbocycles. The molecular weight excluding hydrogens is 557 g/mol. The number of anilines is 1. The minimum absolute atomic E-state index is 0. The molecule has 0 atom stereocenters. The molecule has 5 heteroatoms. The maximum absolute atomic E-state index is 6.14. The largest absolute Gasteiger partial charge is 0.490 e. The maximum atomic E-state index is 6.14. The van der Waals surface area contributed by atoms with Gasteiger partial charge >= 0.3 is 0 Å². The smallest absolute Gasteiger partial charge is 0.0937 e. The topological polar surface area (TPSA) is 37.2 Å². The van der Waals surface area contributed by atoms with E-state index in [2.05, 4.69) is 50.1 Å². The van der Waals surface area contributed by atoms with Crippen molar-refractivity contribution in [3.05, 3.63) is 48.8 Å². The molecular formula is C20H24N2OWY-2.